The normalized spacial score (nSPS) is 20.4. The van der Waals surface area contributed by atoms with Gasteiger partial charge in [-0.2, -0.15) is 0 Å². The average molecular weight is 508 g/mol. The fraction of sp³-hybridized carbons (Fsp3) is 0.423. The number of carbonyl (C=O) groups excluding carboxylic acids is 1. The number of rotatable bonds is 6. The van der Waals surface area contributed by atoms with Crippen molar-refractivity contribution in [1.29, 1.82) is 0 Å². The predicted molar refractivity (Wildman–Crippen MR) is 138 cm³/mol. The lowest BCUT2D eigenvalue weighted by molar-refractivity contribution is -0.143. The minimum absolute atomic E-state index is 0.203. The Bertz CT molecular complexity index is 1500. The molecule has 4 heterocycles. The van der Waals surface area contributed by atoms with E-state index in [4.69, 9.17) is 15.5 Å². The zero-order chi connectivity index (χ0) is 25.1. The largest absolute Gasteiger partial charge is 0.494 e. The number of nitrogens with zero attached hydrogens (tertiary/aromatic N) is 4. The number of hydrogen-bond acceptors (Lipinski definition) is 6. The summed E-state index contributed by atoms with van der Waals surface area (Å²) in [6, 6.07) is 6.59. The van der Waals surface area contributed by atoms with E-state index < -0.39 is 12.0 Å². The molecule has 6 rings (SSSR count). The topological polar surface area (TPSA) is 116 Å². The van der Waals surface area contributed by atoms with Crippen LogP contribution in [-0.4, -0.2) is 61.7 Å². The molecular formula is C26H29N5O4S. The molecular weight excluding hydrogens is 478 g/mol. The molecule has 10 heteroatoms. The van der Waals surface area contributed by atoms with Crippen molar-refractivity contribution in [3.8, 4) is 17.3 Å². The monoisotopic (exact) mass is 507 g/mol. The number of thiophene rings is 1. The molecule has 1 saturated heterocycles. The van der Waals surface area contributed by atoms with Gasteiger partial charge in [-0.05, 0) is 61.2 Å². The van der Waals surface area contributed by atoms with E-state index in [-0.39, 0.29) is 18.5 Å². The maximum atomic E-state index is 13.5. The van der Waals surface area contributed by atoms with Gasteiger partial charge in [0.25, 0.3) is 5.91 Å². The van der Waals surface area contributed by atoms with E-state index in [1.165, 1.54) is 28.0 Å². The number of carboxylic acid groups (broad SMARTS) is 1. The van der Waals surface area contributed by atoms with Gasteiger partial charge in [0.1, 0.15) is 22.1 Å². The number of carboxylic acids is 1. The fourth-order valence-electron chi connectivity index (χ4n) is 5.36. The Balaban J connectivity index is 1.45. The second-order valence-corrected chi connectivity index (χ2v) is 10.8. The van der Waals surface area contributed by atoms with Crippen molar-refractivity contribution in [3.63, 3.8) is 0 Å². The molecule has 3 aromatic heterocycles. The number of benzene rings is 1. The number of fused-ring (bicyclic) bond motifs is 2. The summed E-state index contributed by atoms with van der Waals surface area (Å²) in [5, 5.41) is 13.0. The molecule has 0 radical (unpaired) electrons. The number of ether oxygens (including phenoxy) is 1. The molecule has 1 aromatic carbocycles. The van der Waals surface area contributed by atoms with Crippen LogP contribution in [0.3, 0.4) is 0 Å². The first-order valence-electron chi connectivity index (χ1n) is 12.3. The van der Waals surface area contributed by atoms with Crippen LogP contribution in [0, 0.1) is 5.92 Å². The van der Waals surface area contributed by atoms with Crippen molar-refractivity contribution in [2.24, 2.45) is 18.7 Å². The van der Waals surface area contributed by atoms with Crippen molar-refractivity contribution in [2.45, 2.75) is 44.3 Å². The number of piperidine rings is 1. The minimum Gasteiger partial charge on any atom is -0.494 e. The summed E-state index contributed by atoms with van der Waals surface area (Å²) in [6.07, 6.45) is 3.42. The molecule has 1 amide bonds. The first kappa shape index (κ1) is 23.1. The zero-order valence-electron chi connectivity index (χ0n) is 20.3. The summed E-state index contributed by atoms with van der Waals surface area (Å²) in [6.45, 7) is 1.17. The van der Waals surface area contributed by atoms with Crippen LogP contribution in [-0.2, 0) is 18.4 Å². The summed E-state index contributed by atoms with van der Waals surface area (Å²) in [5.74, 6) is 0.642. The molecule has 1 unspecified atom stereocenters. The molecule has 2 aliphatic rings. The van der Waals surface area contributed by atoms with E-state index in [0.29, 0.717) is 35.6 Å². The molecule has 9 nitrogen and oxygen atoms in total. The Morgan fingerprint density at radius 3 is 2.75 bits per heavy atom. The Morgan fingerprint density at radius 1 is 1.22 bits per heavy atom. The lowest BCUT2D eigenvalue weighted by atomic mass is 9.97. The molecule has 0 spiro atoms. The number of likely N-dealkylation sites (tertiary alicyclic amines) is 1. The van der Waals surface area contributed by atoms with Crippen molar-refractivity contribution in [1.82, 2.24) is 19.0 Å². The minimum atomic E-state index is -1.01. The lowest BCUT2D eigenvalue weighted by Crippen LogP contribution is -2.54. The number of amides is 1. The number of methoxy groups -OCH3 is 1. The van der Waals surface area contributed by atoms with E-state index in [1.54, 1.807) is 30.6 Å². The Kier molecular flexibility index (Phi) is 5.53. The molecule has 188 valence electrons. The molecule has 1 aliphatic heterocycles. The van der Waals surface area contributed by atoms with Gasteiger partial charge in [-0.25, -0.2) is 9.78 Å². The van der Waals surface area contributed by atoms with Crippen molar-refractivity contribution >= 4 is 44.5 Å². The molecule has 4 aromatic rings. The van der Waals surface area contributed by atoms with Gasteiger partial charge in [0, 0.05) is 37.1 Å². The van der Waals surface area contributed by atoms with Gasteiger partial charge in [-0.1, -0.05) is 0 Å². The first-order chi connectivity index (χ1) is 17.4. The third-order valence-corrected chi connectivity index (χ3v) is 8.39. The Morgan fingerprint density at radius 2 is 2.03 bits per heavy atom. The second-order valence-electron chi connectivity index (χ2n) is 9.95. The smallest absolute Gasteiger partial charge is 0.326 e. The molecule has 3 N–H and O–H groups in total. The molecule has 2 atom stereocenters. The van der Waals surface area contributed by atoms with Crippen LogP contribution in [0.15, 0.2) is 29.6 Å². The highest BCUT2D eigenvalue weighted by molar-refractivity contribution is 7.16. The number of carbonyl (C=O) groups is 2. The lowest BCUT2D eigenvalue weighted by Gasteiger charge is -2.36. The number of aromatic nitrogens is 3. The van der Waals surface area contributed by atoms with E-state index in [9.17, 15) is 14.7 Å². The van der Waals surface area contributed by atoms with Crippen LogP contribution >= 0.6 is 11.3 Å². The summed E-state index contributed by atoms with van der Waals surface area (Å²) in [4.78, 5) is 32.9. The maximum absolute atomic E-state index is 13.5. The third kappa shape index (κ3) is 3.75. The SMILES string of the molecule is COc1cc(C(=O)N2CC(N)CC[C@@H]2C(=O)O)cc2nc(-c3cc4ccsc4n3CC3CC3)n(C)c12. The maximum Gasteiger partial charge on any atom is 0.326 e. The molecule has 1 saturated carbocycles. The Hall–Kier alpha value is -3.37. The number of imidazole rings is 1. The number of aryl methyl sites for hydroxylation is 1. The summed E-state index contributed by atoms with van der Waals surface area (Å²) in [7, 11) is 3.53. The van der Waals surface area contributed by atoms with Gasteiger partial charge < -0.3 is 29.6 Å². The van der Waals surface area contributed by atoms with Crippen LogP contribution in [0.5, 0.6) is 5.75 Å². The predicted octanol–water partition coefficient (Wildman–Crippen LogP) is 3.69. The third-order valence-electron chi connectivity index (χ3n) is 7.43. The van der Waals surface area contributed by atoms with E-state index >= 15 is 0 Å². The average Bonchev–Trinajstić information content (AvgIpc) is 3.31. The second kappa shape index (κ2) is 8.63. The molecule has 2 fully saturated rings. The van der Waals surface area contributed by atoms with Gasteiger partial charge in [0.15, 0.2) is 5.82 Å². The van der Waals surface area contributed by atoms with Crippen molar-refractivity contribution in [2.75, 3.05) is 13.7 Å². The molecule has 0 bridgehead atoms. The van der Waals surface area contributed by atoms with Crippen LogP contribution in [0.25, 0.3) is 32.8 Å². The first-order valence-corrected chi connectivity index (χ1v) is 13.1. The van der Waals surface area contributed by atoms with E-state index in [1.807, 2.05) is 11.6 Å². The summed E-state index contributed by atoms with van der Waals surface area (Å²) < 4.78 is 10.1. The Labute approximate surface area is 212 Å². The standard InChI is InChI=1S/C26H29N5O4S/c1-29-22-18(28-23(29)20-10-15-7-8-36-25(15)31(20)12-14-3-4-14)9-16(11-21(22)35-2)24(32)30-13-17(27)5-6-19(30)26(33)34/h7-11,14,17,19H,3-6,12-13,27H2,1-2H3,(H,33,34)/t17?,19-/m1/s1. The van der Waals surface area contributed by atoms with Crippen molar-refractivity contribution < 1.29 is 19.4 Å². The highest BCUT2D eigenvalue weighted by Crippen LogP contribution is 2.39. The number of hydrogen-bond donors (Lipinski definition) is 2. The zero-order valence-corrected chi connectivity index (χ0v) is 21.1. The van der Waals surface area contributed by atoms with Gasteiger partial charge >= 0.3 is 5.97 Å². The molecule has 1 aliphatic carbocycles. The van der Waals surface area contributed by atoms with Crippen LogP contribution in [0.2, 0.25) is 0 Å². The highest BCUT2D eigenvalue weighted by atomic mass is 32.1. The van der Waals surface area contributed by atoms with Crippen LogP contribution < -0.4 is 10.5 Å². The quantitative estimate of drug-likeness (QED) is 0.411. The van der Waals surface area contributed by atoms with Gasteiger partial charge in [-0.3, -0.25) is 4.79 Å². The van der Waals surface area contributed by atoms with Crippen LogP contribution in [0.4, 0.5) is 0 Å². The fourth-order valence-corrected chi connectivity index (χ4v) is 6.27. The number of nitrogens with two attached hydrogens (primary N) is 1. The highest BCUT2D eigenvalue weighted by Gasteiger charge is 2.36. The van der Waals surface area contributed by atoms with E-state index in [0.717, 1.165) is 23.6 Å². The summed E-state index contributed by atoms with van der Waals surface area (Å²) in [5.41, 5.74) is 8.90. The van der Waals surface area contributed by atoms with Gasteiger partial charge in [-0.15, -0.1) is 11.3 Å². The number of aliphatic carboxylic acids is 1. The molecule has 36 heavy (non-hydrogen) atoms. The van der Waals surface area contributed by atoms with E-state index in [2.05, 4.69) is 22.1 Å². The van der Waals surface area contributed by atoms with Crippen LogP contribution in [0.1, 0.15) is 36.0 Å². The van der Waals surface area contributed by atoms with Gasteiger partial charge in [0.2, 0.25) is 0 Å². The van der Waals surface area contributed by atoms with Gasteiger partial charge in [0.05, 0.1) is 18.3 Å². The summed E-state index contributed by atoms with van der Waals surface area (Å²) >= 11 is 1.74. The van der Waals surface area contributed by atoms with Crippen molar-refractivity contribution in [3.05, 3.63) is 35.2 Å².